The number of aromatic nitrogens is 2. The SMILES string of the molecule is Cc1ccc(NC(=O)c2[nH]ncc2[N+](=O)[O-])c([N+](=O)[O-])c1. The molecule has 0 aliphatic rings. The van der Waals surface area contributed by atoms with Crippen LogP contribution in [0.1, 0.15) is 16.1 Å². The van der Waals surface area contributed by atoms with Crippen LogP contribution in [0.5, 0.6) is 0 Å². The molecule has 10 nitrogen and oxygen atoms in total. The predicted molar refractivity (Wildman–Crippen MR) is 71.0 cm³/mol. The zero-order valence-corrected chi connectivity index (χ0v) is 10.7. The van der Waals surface area contributed by atoms with Gasteiger partial charge in [0.2, 0.25) is 5.69 Å². The molecule has 0 aliphatic carbocycles. The molecular weight excluding hydrogens is 282 g/mol. The molecule has 0 atom stereocenters. The first-order chi connectivity index (χ1) is 9.90. The number of nitrogens with one attached hydrogen (secondary N) is 2. The van der Waals surface area contributed by atoms with Crippen molar-refractivity contribution in [2.24, 2.45) is 0 Å². The number of rotatable bonds is 4. The van der Waals surface area contributed by atoms with Gasteiger partial charge in [-0.2, -0.15) is 5.10 Å². The number of nitro groups is 2. The van der Waals surface area contributed by atoms with Crippen molar-refractivity contribution >= 4 is 23.0 Å². The number of anilines is 1. The van der Waals surface area contributed by atoms with Crippen LogP contribution in [-0.4, -0.2) is 26.0 Å². The van der Waals surface area contributed by atoms with E-state index < -0.39 is 21.4 Å². The molecule has 2 rings (SSSR count). The number of benzene rings is 1. The number of aromatic amines is 1. The van der Waals surface area contributed by atoms with Gasteiger partial charge in [0, 0.05) is 6.07 Å². The van der Waals surface area contributed by atoms with Gasteiger partial charge in [0.1, 0.15) is 11.9 Å². The zero-order chi connectivity index (χ0) is 15.6. The maximum Gasteiger partial charge on any atom is 0.319 e. The van der Waals surface area contributed by atoms with Crippen LogP contribution in [-0.2, 0) is 0 Å². The van der Waals surface area contributed by atoms with E-state index in [9.17, 15) is 25.0 Å². The first-order valence-electron chi connectivity index (χ1n) is 5.64. The summed E-state index contributed by atoms with van der Waals surface area (Å²) in [5.41, 5.74) is -0.602. The molecule has 0 bridgehead atoms. The van der Waals surface area contributed by atoms with E-state index in [4.69, 9.17) is 0 Å². The van der Waals surface area contributed by atoms with Crippen LogP contribution in [0.15, 0.2) is 24.4 Å². The highest BCUT2D eigenvalue weighted by atomic mass is 16.6. The van der Waals surface area contributed by atoms with Crippen LogP contribution in [0.3, 0.4) is 0 Å². The monoisotopic (exact) mass is 291 g/mol. The Morgan fingerprint density at radius 2 is 1.90 bits per heavy atom. The van der Waals surface area contributed by atoms with Crippen LogP contribution in [0, 0.1) is 27.2 Å². The number of carbonyl (C=O) groups is 1. The molecule has 0 spiro atoms. The van der Waals surface area contributed by atoms with Crippen LogP contribution in [0.2, 0.25) is 0 Å². The van der Waals surface area contributed by atoms with Crippen molar-refractivity contribution in [1.29, 1.82) is 0 Å². The summed E-state index contributed by atoms with van der Waals surface area (Å²) in [5, 5.41) is 29.5. The van der Waals surface area contributed by atoms with Gasteiger partial charge in [-0.1, -0.05) is 6.07 Å². The third kappa shape index (κ3) is 2.83. The smallest absolute Gasteiger partial charge is 0.315 e. The molecule has 2 N–H and O–H groups in total. The summed E-state index contributed by atoms with van der Waals surface area (Å²) in [6.45, 7) is 1.67. The van der Waals surface area contributed by atoms with E-state index in [1.54, 1.807) is 13.0 Å². The fraction of sp³-hybridized carbons (Fsp3) is 0.0909. The number of H-pyrrole nitrogens is 1. The standard InChI is InChI=1S/C11H9N5O5/c1-6-2-3-7(8(4-6)15(18)19)13-11(17)10-9(16(20)21)5-12-14-10/h2-5H,1H3,(H,12,14)(H,13,17). The minimum atomic E-state index is -0.883. The highest BCUT2D eigenvalue weighted by Gasteiger charge is 2.25. The third-order valence-electron chi connectivity index (χ3n) is 2.64. The van der Waals surface area contributed by atoms with Crippen molar-refractivity contribution in [3.63, 3.8) is 0 Å². The highest BCUT2D eigenvalue weighted by molar-refractivity contribution is 6.06. The molecule has 1 aromatic carbocycles. The largest absolute Gasteiger partial charge is 0.319 e. The van der Waals surface area contributed by atoms with E-state index in [-0.39, 0.29) is 17.1 Å². The topological polar surface area (TPSA) is 144 Å². The summed E-state index contributed by atoms with van der Waals surface area (Å²) in [4.78, 5) is 32.2. The number of hydrogen-bond acceptors (Lipinski definition) is 6. The molecule has 1 amide bonds. The molecule has 108 valence electrons. The molecule has 2 aromatic rings. The Bertz CT molecular complexity index is 738. The number of nitrogens with zero attached hydrogens (tertiary/aromatic N) is 3. The number of aryl methyl sites for hydroxylation is 1. The molecule has 0 fully saturated rings. The summed E-state index contributed by atoms with van der Waals surface area (Å²) in [5.74, 6) is -0.883. The second kappa shape index (κ2) is 5.36. The van der Waals surface area contributed by atoms with Gasteiger partial charge in [0.15, 0.2) is 0 Å². The van der Waals surface area contributed by atoms with Crippen LogP contribution in [0.4, 0.5) is 17.1 Å². The van der Waals surface area contributed by atoms with Gasteiger partial charge < -0.3 is 5.32 Å². The molecule has 0 saturated heterocycles. The van der Waals surface area contributed by atoms with E-state index in [0.29, 0.717) is 5.56 Å². The minimum absolute atomic E-state index is 0.0560. The van der Waals surface area contributed by atoms with E-state index in [0.717, 1.165) is 6.20 Å². The van der Waals surface area contributed by atoms with Gasteiger partial charge in [-0.25, -0.2) is 0 Å². The predicted octanol–water partition coefficient (Wildman–Crippen LogP) is 1.79. The number of carbonyl (C=O) groups excluding carboxylic acids is 1. The second-order valence-electron chi connectivity index (χ2n) is 4.12. The molecular formula is C11H9N5O5. The zero-order valence-electron chi connectivity index (χ0n) is 10.7. The van der Waals surface area contributed by atoms with Gasteiger partial charge >= 0.3 is 5.69 Å². The van der Waals surface area contributed by atoms with E-state index in [2.05, 4.69) is 15.5 Å². The lowest BCUT2D eigenvalue weighted by molar-refractivity contribution is -0.385. The summed E-state index contributed by atoms with van der Waals surface area (Å²) in [7, 11) is 0. The Morgan fingerprint density at radius 3 is 2.52 bits per heavy atom. The van der Waals surface area contributed by atoms with Crippen molar-refractivity contribution < 1.29 is 14.6 Å². The minimum Gasteiger partial charge on any atom is -0.315 e. The van der Waals surface area contributed by atoms with Crippen molar-refractivity contribution in [1.82, 2.24) is 10.2 Å². The van der Waals surface area contributed by atoms with Gasteiger partial charge in [0.25, 0.3) is 11.6 Å². The van der Waals surface area contributed by atoms with E-state index in [1.165, 1.54) is 12.1 Å². The number of amides is 1. The number of nitro benzene ring substituents is 1. The molecule has 1 heterocycles. The summed E-state index contributed by atoms with van der Waals surface area (Å²) < 4.78 is 0. The fourth-order valence-corrected chi connectivity index (χ4v) is 1.67. The van der Waals surface area contributed by atoms with Crippen molar-refractivity contribution in [3.05, 3.63) is 55.9 Å². The van der Waals surface area contributed by atoms with Crippen molar-refractivity contribution in [2.75, 3.05) is 5.32 Å². The Hall–Kier alpha value is -3.30. The van der Waals surface area contributed by atoms with Gasteiger partial charge in [-0.15, -0.1) is 0 Å². The van der Waals surface area contributed by atoms with Crippen LogP contribution >= 0.6 is 0 Å². The molecule has 0 aliphatic heterocycles. The summed E-state index contributed by atoms with van der Waals surface area (Å²) in [6, 6.07) is 4.22. The first kappa shape index (κ1) is 14.1. The van der Waals surface area contributed by atoms with Crippen molar-refractivity contribution in [2.45, 2.75) is 6.92 Å². The lowest BCUT2D eigenvalue weighted by Crippen LogP contribution is -2.15. The van der Waals surface area contributed by atoms with Gasteiger partial charge in [0.05, 0.1) is 9.85 Å². The summed E-state index contributed by atoms with van der Waals surface area (Å²) >= 11 is 0. The average molecular weight is 291 g/mol. The quantitative estimate of drug-likeness (QED) is 0.648. The second-order valence-corrected chi connectivity index (χ2v) is 4.12. The summed E-state index contributed by atoms with van der Waals surface area (Å²) in [6.07, 6.45) is 0.887. The third-order valence-corrected chi connectivity index (χ3v) is 2.64. The van der Waals surface area contributed by atoms with E-state index >= 15 is 0 Å². The maximum absolute atomic E-state index is 12.0. The first-order valence-corrected chi connectivity index (χ1v) is 5.64. The molecule has 0 saturated carbocycles. The van der Waals surface area contributed by atoms with Crippen LogP contribution < -0.4 is 5.32 Å². The van der Waals surface area contributed by atoms with E-state index in [1.807, 2.05) is 0 Å². The average Bonchev–Trinajstić information content (AvgIpc) is 2.90. The Kier molecular flexibility index (Phi) is 3.61. The van der Waals surface area contributed by atoms with Crippen molar-refractivity contribution in [3.8, 4) is 0 Å². The fourth-order valence-electron chi connectivity index (χ4n) is 1.67. The van der Waals surface area contributed by atoms with Gasteiger partial charge in [-0.05, 0) is 18.6 Å². The Labute approximate surface area is 117 Å². The molecule has 10 heteroatoms. The molecule has 0 radical (unpaired) electrons. The molecule has 1 aromatic heterocycles. The highest BCUT2D eigenvalue weighted by Crippen LogP contribution is 2.26. The number of hydrogen-bond donors (Lipinski definition) is 2. The molecule has 21 heavy (non-hydrogen) atoms. The normalized spacial score (nSPS) is 10.1. The Balaban J connectivity index is 2.34. The maximum atomic E-state index is 12.0. The van der Waals surface area contributed by atoms with Gasteiger partial charge in [-0.3, -0.25) is 30.1 Å². The lowest BCUT2D eigenvalue weighted by atomic mass is 10.2. The Morgan fingerprint density at radius 1 is 1.24 bits per heavy atom. The molecule has 0 unspecified atom stereocenters. The van der Waals surface area contributed by atoms with Crippen LogP contribution in [0.25, 0.3) is 0 Å². The lowest BCUT2D eigenvalue weighted by Gasteiger charge is -2.05.